The lowest BCUT2D eigenvalue weighted by Gasteiger charge is -2.24. The summed E-state index contributed by atoms with van der Waals surface area (Å²) in [4.78, 5) is 16.2. The number of aliphatic hydroxyl groups is 1. The number of pyridine rings is 1. The van der Waals surface area contributed by atoms with Gasteiger partial charge >= 0.3 is 5.97 Å². The fourth-order valence-electron chi connectivity index (χ4n) is 4.47. The first-order valence-corrected chi connectivity index (χ1v) is 14.5. The summed E-state index contributed by atoms with van der Waals surface area (Å²) in [5.41, 5.74) is 3.78. The Balaban J connectivity index is 1.51. The van der Waals surface area contributed by atoms with E-state index in [9.17, 15) is 15.0 Å². The molecule has 0 fully saturated rings. The van der Waals surface area contributed by atoms with Gasteiger partial charge in [-0.3, -0.25) is 4.79 Å². The molecule has 4 rings (SSSR count). The smallest absolute Gasteiger partial charge is 0.307 e. The van der Waals surface area contributed by atoms with Crippen LogP contribution in [0.3, 0.4) is 0 Å². The summed E-state index contributed by atoms with van der Waals surface area (Å²) < 4.78 is 6.12. The van der Waals surface area contributed by atoms with Crippen molar-refractivity contribution in [1.29, 1.82) is 0 Å². The lowest BCUT2D eigenvalue weighted by molar-refractivity contribution is -0.140. The third kappa shape index (κ3) is 7.98. The lowest BCUT2D eigenvalue weighted by Crippen LogP contribution is -2.18. The lowest BCUT2D eigenvalue weighted by atomic mass is 9.90. The summed E-state index contributed by atoms with van der Waals surface area (Å²) >= 11 is 7.78. The van der Waals surface area contributed by atoms with E-state index < -0.39 is 17.5 Å². The quantitative estimate of drug-likeness (QED) is 0.183. The monoisotopic (exact) mass is 563 g/mol. The molecule has 0 unspecified atom stereocenters. The molecule has 0 saturated carbocycles. The van der Waals surface area contributed by atoms with Crippen molar-refractivity contribution in [2.75, 3.05) is 5.75 Å². The van der Waals surface area contributed by atoms with Crippen molar-refractivity contribution in [3.8, 4) is 5.75 Å². The van der Waals surface area contributed by atoms with E-state index in [1.807, 2.05) is 66.7 Å². The van der Waals surface area contributed by atoms with Crippen molar-refractivity contribution in [3.05, 3.63) is 106 Å². The van der Waals surface area contributed by atoms with Crippen molar-refractivity contribution >= 4 is 40.2 Å². The van der Waals surface area contributed by atoms with Gasteiger partial charge in [0.05, 0.1) is 22.7 Å². The summed E-state index contributed by atoms with van der Waals surface area (Å²) in [5, 5.41) is 21.8. The second-order valence-corrected chi connectivity index (χ2v) is 12.0. The highest BCUT2D eigenvalue weighted by Crippen LogP contribution is 2.37. The van der Waals surface area contributed by atoms with Gasteiger partial charge in [0.2, 0.25) is 0 Å². The van der Waals surface area contributed by atoms with E-state index >= 15 is 0 Å². The number of rotatable bonds is 12. The van der Waals surface area contributed by atoms with E-state index in [-0.39, 0.29) is 5.25 Å². The van der Waals surface area contributed by atoms with Gasteiger partial charge in [-0.2, -0.15) is 11.8 Å². The molecule has 0 spiro atoms. The highest BCUT2D eigenvalue weighted by atomic mass is 35.5. The Morgan fingerprint density at radius 2 is 1.82 bits per heavy atom. The van der Waals surface area contributed by atoms with Gasteiger partial charge in [0, 0.05) is 21.4 Å². The van der Waals surface area contributed by atoms with Crippen molar-refractivity contribution in [1.82, 2.24) is 4.98 Å². The van der Waals surface area contributed by atoms with Crippen LogP contribution in [0.2, 0.25) is 5.02 Å². The number of aliphatic carboxylic acids is 1. The minimum Gasteiger partial charge on any atom is -0.487 e. The van der Waals surface area contributed by atoms with Crippen LogP contribution in [0.15, 0.2) is 78.9 Å². The molecule has 0 aliphatic rings. The second kappa shape index (κ2) is 12.9. The molecular weight excluding hydrogens is 530 g/mol. The molecular formula is C32H34ClNO4S. The molecule has 2 atom stereocenters. The van der Waals surface area contributed by atoms with Crippen LogP contribution >= 0.6 is 23.4 Å². The molecule has 3 aromatic carbocycles. The van der Waals surface area contributed by atoms with E-state index in [1.165, 1.54) is 0 Å². The van der Waals surface area contributed by atoms with Gasteiger partial charge in [-0.05, 0) is 73.7 Å². The van der Waals surface area contributed by atoms with Gasteiger partial charge in [0.1, 0.15) is 12.4 Å². The van der Waals surface area contributed by atoms with E-state index in [4.69, 9.17) is 16.3 Å². The molecule has 1 heterocycles. The van der Waals surface area contributed by atoms with E-state index in [0.717, 1.165) is 51.9 Å². The van der Waals surface area contributed by atoms with E-state index in [2.05, 4.69) is 17.1 Å². The third-order valence-corrected chi connectivity index (χ3v) is 8.49. The molecule has 0 aliphatic carbocycles. The number of carboxylic acid groups (broad SMARTS) is 1. The Morgan fingerprint density at radius 1 is 1.05 bits per heavy atom. The molecule has 0 radical (unpaired) electrons. The van der Waals surface area contributed by atoms with Gasteiger partial charge in [0.25, 0.3) is 0 Å². The molecule has 2 N–H and O–H groups in total. The molecule has 39 heavy (non-hydrogen) atoms. The number of hydrogen-bond acceptors (Lipinski definition) is 5. The molecule has 204 valence electrons. The number of aromatic nitrogens is 1. The summed E-state index contributed by atoms with van der Waals surface area (Å²) in [6, 6.07) is 25.5. The molecule has 4 aromatic rings. The summed E-state index contributed by atoms with van der Waals surface area (Å²) in [7, 11) is 0. The van der Waals surface area contributed by atoms with Crippen molar-refractivity contribution in [2.24, 2.45) is 5.92 Å². The number of nitrogens with zero attached hydrogens (tertiary/aromatic N) is 1. The van der Waals surface area contributed by atoms with Crippen LogP contribution in [0.4, 0.5) is 0 Å². The van der Waals surface area contributed by atoms with Gasteiger partial charge in [-0.25, -0.2) is 4.98 Å². The number of aryl methyl sites for hydroxylation is 1. The van der Waals surface area contributed by atoms with Crippen LogP contribution in [0.25, 0.3) is 10.9 Å². The predicted octanol–water partition coefficient (Wildman–Crippen LogP) is 7.82. The summed E-state index contributed by atoms with van der Waals surface area (Å²) in [6.07, 6.45) is 1.55. The van der Waals surface area contributed by atoms with Crippen LogP contribution in [-0.4, -0.2) is 26.9 Å². The van der Waals surface area contributed by atoms with Gasteiger partial charge in [-0.15, -0.1) is 0 Å². The molecule has 0 bridgehead atoms. The van der Waals surface area contributed by atoms with Crippen LogP contribution in [0.1, 0.15) is 54.8 Å². The first-order valence-electron chi connectivity index (χ1n) is 13.0. The largest absolute Gasteiger partial charge is 0.487 e. The number of halogens is 1. The fourth-order valence-corrected chi connectivity index (χ4v) is 5.93. The third-order valence-electron chi connectivity index (χ3n) is 6.65. The van der Waals surface area contributed by atoms with E-state index in [1.54, 1.807) is 32.5 Å². The maximum Gasteiger partial charge on any atom is 0.307 e. The Labute approximate surface area is 239 Å². The van der Waals surface area contributed by atoms with Gasteiger partial charge in [-0.1, -0.05) is 67.1 Å². The zero-order chi connectivity index (χ0) is 28.0. The summed E-state index contributed by atoms with van der Waals surface area (Å²) in [5.74, 6) is -0.0147. The van der Waals surface area contributed by atoms with Gasteiger partial charge < -0.3 is 14.9 Å². The first kappa shape index (κ1) is 28.9. The van der Waals surface area contributed by atoms with Crippen molar-refractivity contribution < 1.29 is 19.7 Å². The second-order valence-electron chi connectivity index (χ2n) is 10.3. The number of carbonyl (C=O) groups is 1. The van der Waals surface area contributed by atoms with Crippen LogP contribution in [0.5, 0.6) is 5.75 Å². The highest BCUT2D eigenvalue weighted by molar-refractivity contribution is 7.99. The van der Waals surface area contributed by atoms with Crippen LogP contribution < -0.4 is 4.74 Å². The highest BCUT2D eigenvalue weighted by Gasteiger charge is 2.22. The molecule has 0 saturated heterocycles. The van der Waals surface area contributed by atoms with Crippen LogP contribution in [0, 0.1) is 5.92 Å². The minimum atomic E-state index is -0.938. The van der Waals surface area contributed by atoms with E-state index in [0.29, 0.717) is 17.4 Å². The van der Waals surface area contributed by atoms with Crippen molar-refractivity contribution in [2.45, 2.75) is 51.1 Å². The number of hydrogen-bond donors (Lipinski definition) is 2. The molecule has 1 aromatic heterocycles. The maximum atomic E-state index is 11.5. The van der Waals surface area contributed by atoms with Crippen LogP contribution in [-0.2, 0) is 23.4 Å². The molecule has 0 amide bonds. The Morgan fingerprint density at radius 3 is 2.59 bits per heavy atom. The number of benzene rings is 3. The maximum absolute atomic E-state index is 11.5. The average Bonchev–Trinajstić information content (AvgIpc) is 2.91. The number of fused-ring (bicyclic) bond motifs is 1. The first-order chi connectivity index (χ1) is 18.6. The standard InChI is InChI=1S/C32H34ClNO4S/c1-21(31(35)36)20-39-30(16-13-22-7-4-5-10-28(22)32(2,3)37)24-8-6-9-27(17-24)38-19-26-15-12-23-11-14-25(33)18-29(23)34-26/h4-12,14-15,17-18,21,30,37H,13,16,19-20H2,1-3H3,(H,35,36)/t21-,30-/m0/s1. The molecule has 5 nitrogen and oxygen atoms in total. The average molecular weight is 564 g/mol. The number of ether oxygens (including phenoxy) is 1. The minimum absolute atomic E-state index is 0.0612. The summed E-state index contributed by atoms with van der Waals surface area (Å²) in [6.45, 7) is 5.65. The predicted molar refractivity (Wildman–Crippen MR) is 160 cm³/mol. The zero-order valence-electron chi connectivity index (χ0n) is 22.4. The normalized spacial score (nSPS) is 13.3. The SMILES string of the molecule is C[C@@H](CS[C@@H](CCc1ccccc1C(C)(C)O)c1cccc(OCc2ccc3ccc(Cl)cc3n2)c1)C(=O)O. The number of carboxylic acids is 1. The topological polar surface area (TPSA) is 79.7 Å². The Hall–Kier alpha value is -3.06. The van der Waals surface area contributed by atoms with Crippen molar-refractivity contribution in [3.63, 3.8) is 0 Å². The number of thioether (sulfide) groups is 1. The zero-order valence-corrected chi connectivity index (χ0v) is 24.0. The van der Waals surface area contributed by atoms with Gasteiger partial charge in [0.15, 0.2) is 0 Å². The Kier molecular flexibility index (Phi) is 9.54. The molecule has 0 aliphatic heterocycles. The fraction of sp³-hybridized carbons (Fsp3) is 0.312. The Bertz CT molecular complexity index is 1440. The molecule has 7 heteroatoms.